The highest BCUT2D eigenvalue weighted by molar-refractivity contribution is 5.95. The van der Waals surface area contributed by atoms with Gasteiger partial charge in [-0.25, -0.2) is 9.78 Å². The van der Waals surface area contributed by atoms with Gasteiger partial charge in [0.25, 0.3) is 5.91 Å². The van der Waals surface area contributed by atoms with Gasteiger partial charge in [0.1, 0.15) is 5.82 Å². The van der Waals surface area contributed by atoms with Crippen molar-refractivity contribution in [1.29, 1.82) is 0 Å². The van der Waals surface area contributed by atoms with Crippen molar-refractivity contribution in [3.05, 3.63) is 52.0 Å². The lowest BCUT2D eigenvalue weighted by atomic mass is 10.1. The molecule has 0 unspecified atom stereocenters. The van der Waals surface area contributed by atoms with Crippen LogP contribution in [0.4, 0.5) is 0 Å². The first-order valence-corrected chi connectivity index (χ1v) is 7.55. The summed E-state index contributed by atoms with van der Waals surface area (Å²) in [7, 11) is 0. The number of benzene rings is 1. The van der Waals surface area contributed by atoms with Gasteiger partial charge in [-0.2, -0.15) is 5.10 Å². The van der Waals surface area contributed by atoms with Crippen molar-refractivity contribution in [2.24, 2.45) is 0 Å². The molecule has 1 fully saturated rings. The number of hydrogen-bond donors (Lipinski definition) is 3. The molecule has 3 aromatic rings. The summed E-state index contributed by atoms with van der Waals surface area (Å²) in [6.07, 6.45) is 2.25. The maximum Gasteiger partial charge on any atom is 0.439 e. The van der Waals surface area contributed by atoms with E-state index in [1.807, 2.05) is 0 Å². The van der Waals surface area contributed by atoms with Crippen LogP contribution in [0.2, 0.25) is 0 Å². The maximum absolute atomic E-state index is 12.3. The van der Waals surface area contributed by atoms with Gasteiger partial charge in [0, 0.05) is 17.0 Å². The van der Waals surface area contributed by atoms with Crippen LogP contribution in [0.25, 0.3) is 11.4 Å². The molecule has 2 heterocycles. The average molecular weight is 326 g/mol. The van der Waals surface area contributed by atoms with Gasteiger partial charge in [0.15, 0.2) is 11.6 Å². The highest BCUT2D eigenvalue weighted by atomic mass is 16.5. The van der Waals surface area contributed by atoms with E-state index in [0.29, 0.717) is 22.9 Å². The molecule has 1 amide bonds. The summed E-state index contributed by atoms with van der Waals surface area (Å²) in [6.45, 7) is 0.267. The topological polar surface area (TPSA) is 130 Å². The maximum atomic E-state index is 12.3. The van der Waals surface area contributed by atoms with Crippen LogP contribution in [-0.2, 0) is 6.54 Å². The Kier molecular flexibility index (Phi) is 3.45. The van der Waals surface area contributed by atoms with Crippen molar-refractivity contribution in [3.8, 4) is 11.4 Å². The molecule has 0 atom stereocenters. The summed E-state index contributed by atoms with van der Waals surface area (Å²) in [5.41, 5.74) is 1.03. The van der Waals surface area contributed by atoms with Gasteiger partial charge in [-0.05, 0) is 25.0 Å². The van der Waals surface area contributed by atoms with Gasteiger partial charge in [0.05, 0.1) is 6.54 Å². The van der Waals surface area contributed by atoms with Crippen LogP contribution in [0, 0.1) is 0 Å². The zero-order valence-electron chi connectivity index (χ0n) is 12.6. The van der Waals surface area contributed by atoms with Crippen LogP contribution in [0.5, 0.6) is 0 Å². The van der Waals surface area contributed by atoms with E-state index in [0.717, 1.165) is 18.7 Å². The minimum absolute atomic E-state index is 0.257. The van der Waals surface area contributed by atoms with Gasteiger partial charge < -0.3 is 5.32 Å². The molecular formula is C15H14N6O3. The van der Waals surface area contributed by atoms with E-state index in [-0.39, 0.29) is 18.3 Å². The van der Waals surface area contributed by atoms with E-state index in [1.165, 1.54) is 0 Å². The minimum atomic E-state index is -0.642. The molecule has 0 saturated heterocycles. The Morgan fingerprint density at radius 1 is 1.38 bits per heavy atom. The molecule has 1 aromatic carbocycles. The van der Waals surface area contributed by atoms with Gasteiger partial charge in [-0.3, -0.25) is 19.4 Å². The summed E-state index contributed by atoms with van der Waals surface area (Å²) < 4.78 is 4.47. The molecular weight excluding hydrogens is 312 g/mol. The van der Waals surface area contributed by atoms with Crippen LogP contribution in [0.15, 0.2) is 33.6 Å². The third-order valence-electron chi connectivity index (χ3n) is 3.75. The van der Waals surface area contributed by atoms with Gasteiger partial charge in [0.2, 0.25) is 0 Å². The molecule has 0 bridgehead atoms. The number of aromatic amines is 2. The fourth-order valence-corrected chi connectivity index (χ4v) is 2.34. The number of nitrogens with zero attached hydrogens (tertiary/aromatic N) is 3. The minimum Gasteiger partial charge on any atom is -0.345 e. The lowest BCUT2D eigenvalue weighted by Crippen LogP contribution is -2.23. The number of carbonyl (C=O) groups excluding carboxylic acids is 1. The molecule has 9 heteroatoms. The Balaban J connectivity index is 1.44. The first-order chi connectivity index (χ1) is 11.7. The molecule has 1 aliphatic carbocycles. The van der Waals surface area contributed by atoms with Crippen LogP contribution in [0.1, 0.15) is 40.8 Å². The highest BCUT2D eigenvalue weighted by Gasteiger charge is 2.27. The van der Waals surface area contributed by atoms with Gasteiger partial charge in [-0.1, -0.05) is 17.3 Å². The Morgan fingerprint density at radius 2 is 2.25 bits per heavy atom. The van der Waals surface area contributed by atoms with Gasteiger partial charge in [-0.15, -0.1) is 0 Å². The Bertz CT molecular complexity index is 936. The zero-order valence-corrected chi connectivity index (χ0v) is 12.6. The standard InChI is InChI=1S/C15H14N6O3/c22-14(16-7-11-17-12(20-19-11)8-4-5-8)10-3-1-2-9(6-10)13-18-15(23)24-21-13/h1-3,6,8H,4-5,7H2,(H,16,22)(H,17,19,20)(H,18,21,23). The van der Waals surface area contributed by atoms with Crippen LogP contribution in [-0.4, -0.2) is 31.2 Å². The monoisotopic (exact) mass is 326 g/mol. The molecule has 4 rings (SSSR count). The predicted molar refractivity (Wildman–Crippen MR) is 82.1 cm³/mol. The molecule has 2 aromatic heterocycles. The number of carbonyl (C=O) groups is 1. The average Bonchev–Trinajstić information content (AvgIpc) is 3.18. The van der Waals surface area contributed by atoms with Gasteiger partial charge >= 0.3 is 5.76 Å². The molecule has 0 aliphatic heterocycles. The van der Waals surface area contributed by atoms with Crippen molar-refractivity contribution < 1.29 is 9.32 Å². The number of hydrogen-bond acceptors (Lipinski definition) is 6. The van der Waals surface area contributed by atoms with E-state index in [1.54, 1.807) is 24.3 Å². The van der Waals surface area contributed by atoms with E-state index in [4.69, 9.17) is 0 Å². The number of nitrogens with one attached hydrogen (secondary N) is 3. The number of amides is 1. The molecule has 1 aliphatic rings. The van der Waals surface area contributed by atoms with Crippen molar-refractivity contribution in [2.75, 3.05) is 0 Å². The molecule has 24 heavy (non-hydrogen) atoms. The summed E-state index contributed by atoms with van der Waals surface area (Å²) in [5.74, 6) is 1.29. The largest absolute Gasteiger partial charge is 0.439 e. The Labute approximate surface area is 135 Å². The summed E-state index contributed by atoms with van der Waals surface area (Å²) in [4.78, 5) is 30.1. The van der Waals surface area contributed by atoms with Crippen molar-refractivity contribution >= 4 is 5.91 Å². The van der Waals surface area contributed by atoms with Crippen LogP contribution >= 0.6 is 0 Å². The SMILES string of the molecule is O=C(NCc1nc(C2CC2)n[nH]1)c1cccc(-c2noc(=O)[nH]2)c1. The number of rotatable bonds is 5. The summed E-state index contributed by atoms with van der Waals surface area (Å²) in [6, 6.07) is 6.73. The molecule has 1 saturated carbocycles. The van der Waals surface area contributed by atoms with Crippen molar-refractivity contribution in [2.45, 2.75) is 25.3 Å². The Morgan fingerprint density at radius 3 is 3.00 bits per heavy atom. The lowest BCUT2D eigenvalue weighted by Gasteiger charge is -2.04. The number of aromatic nitrogens is 5. The predicted octanol–water partition coefficient (Wildman–Crippen LogP) is 0.955. The Hall–Kier alpha value is -3.23. The van der Waals surface area contributed by atoms with E-state index in [2.05, 4.69) is 35.2 Å². The molecule has 122 valence electrons. The fraction of sp³-hybridized carbons (Fsp3) is 0.267. The third kappa shape index (κ3) is 2.96. The van der Waals surface area contributed by atoms with E-state index >= 15 is 0 Å². The summed E-state index contributed by atoms with van der Waals surface area (Å²) in [5, 5.41) is 13.4. The quantitative estimate of drug-likeness (QED) is 0.640. The first kappa shape index (κ1) is 14.4. The normalized spacial score (nSPS) is 13.8. The molecule has 9 nitrogen and oxygen atoms in total. The van der Waals surface area contributed by atoms with Crippen LogP contribution < -0.4 is 11.1 Å². The molecule has 3 N–H and O–H groups in total. The second-order valence-corrected chi connectivity index (χ2v) is 5.62. The second kappa shape index (κ2) is 5.76. The van der Waals surface area contributed by atoms with Crippen molar-refractivity contribution in [3.63, 3.8) is 0 Å². The van der Waals surface area contributed by atoms with Crippen LogP contribution in [0.3, 0.4) is 0 Å². The highest BCUT2D eigenvalue weighted by Crippen LogP contribution is 2.37. The summed E-state index contributed by atoms with van der Waals surface area (Å²) >= 11 is 0. The first-order valence-electron chi connectivity index (χ1n) is 7.55. The fourth-order valence-electron chi connectivity index (χ4n) is 2.34. The number of H-pyrrole nitrogens is 2. The molecule has 0 radical (unpaired) electrons. The third-order valence-corrected chi connectivity index (χ3v) is 3.75. The van der Waals surface area contributed by atoms with E-state index in [9.17, 15) is 9.59 Å². The van der Waals surface area contributed by atoms with E-state index < -0.39 is 5.76 Å². The second-order valence-electron chi connectivity index (χ2n) is 5.62. The molecule has 0 spiro atoms. The zero-order chi connectivity index (χ0) is 16.5. The van der Waals surface area contributed by atoms with Crippen molar-refractivity contribution in [1.82, 2.24) is 30.6 Å². The lowest BCUT2D eigenvalue weighted by molar-refractivity contribution is 0.0950. The smallest absolute Gasteiger partial charge is 0.345 e.